The molecule has 3 fully saturated rings. The van der Waals surface area contributed by atoms with Crippen LogP contribution >= 0.6 is 0 Å². The number of hydrogen-bond donors (Lipinski definition) is 1. The van der Waals surface area contributed by atoms with Gasteiger partial charge in [-0.25, -0.2) is 4.79 Å². The van der Waals surface area contributed by atoms with Crippen molar-refractivity contribution in [2.45, 2.75) is 82.3 Å². The molecule has 3 atom stereocenters. The van der Waals surface area contributed by atoms with E-state index in [1.807, 2.05) is 6.92 Å². The number of amides is 1. The Morgan fingerprint density at radius 3 is 2.39 bits per heavy atom. The number of rotatable bonds is 5. The molecule has 23 heavy (non-hydrogen) atoms. The first-order valence-electron chi connectivity index (χ1n) is 8.77. The van der Waals surface area contributed by atoms with Crippen molar-refractivity contribution in [1.29, 1.82) is 0 Å². The van der Waals surface area contributed by atoms with Gasteiger partial charge in [-0.3, -0.25) is 0 Å². The lowest BCUT2D eigenvalue weighted by molar-refractivity contribution is -0.0215. The quantitative estimate of drug-likeness (QED) is 0.615. The maximum Gasteiger partial charge on any atom is 0.408 e. The summed E-state index contributed by atoms with van der Waals surface area (Å²) < 4.78 is 17.8. The summed E-state index contributed by atoms with van der Waals surface area (Å²) in [5.41, 5.74) is -0.790. The highest BCUT2D eigenvalue weighted by atomic mass is 28.4. The second kappa shape index (κ2) is 5.20. The maximum absolute atomic E-state index is 12.1. The molecule has 3 rings (SSSR count). The van der Waals surface area contributed by atoms with E-state index in [0.717, 1.165) is 12.8 Å². The van der Waals surface area contributed by atoms with E-state index in [4.69, 9.17) is 13.9 Å². The molecule has 6 heteroatoms. The predicted molar refractivity (Wildman–Crippen MR) is 91.0 cm³/mol. The van der Waals surface area contributed by atoms with Gasteiger partial charge in [0.1, 0.15) is 11.1 Å². The lowest BCUT2D eigenvalue weighted by atomic mass is 9.66. The molecular formula is C17H31NO4Si. The molecule has 1 saturated carbocycles. The predicted octanol–water partition coefficient (Wildman–Crippen LogP) is 3.44. The van der Waals surface area contributed by atoms with Crippen molar-refractivity contribution in [1.82, 2.24) is 5.32 Å². The standard InChI is InChI=1S/C17H31NO4Si/c1-15(2,3)23(5,6)21-11-17(12-8-7-9-12)13(16(4)10-20-16)22-14(19)18-17/h12-13H,7-11H2,1-6H3,(H,18,19)/t13-,16+,17-/m1/s1. The molecule has 1 aliphatic carbocycles. The van der Waals surface area contributed by atoms with Crippen LogP contribution < -0.4 is 5.32 Å². The minimum Gasteiger partial charge on any atom is -0.440 e. The number of carbonyl (C=O) groups is 1. The third-order valence-electron chi connectivity index (χ3n) is 6.49. The van der Waals surface area contributed by atoms with Crippen LogP contribution in [0.1, 0.15) is 47.0 Å². The van der Waals surface area contributed by atoms with E-state index < -0.39 is 13.9 Å². The van der Waals surface area contributed by atoms with Crippen molar-refractivity contribution >= 4 is 14.4 Å². The van der Waals surface area contributed by atoms with Crippen molar-refractivity contribution in [3.05, 3.63) is 0 Å². The molecule has 2 aliphatic heterocycles. The van der Waals surface area contributed by atoms with E-state index in [2.05, 4.69) is 39.2 Å². The van der Waals surface area contributed by atoms with Gasteiger partial charge in [0.05, 0.1) is 13.2 Å². The fraction of sp³-hybridized carbons (Fsp3) is 0.941. The maximum atomic E-state index is 12.1. The minimum atomic E-state index is -1.89. The highest BCUT2D eigenvalue weighted by molar-refractivity contribution is 6.74. The molecule has 2 heterocycles. The third kappa shape index (κ3) is 2.83. The zero-order valence-electron chi connectivity index (χ0n) is 15.3. The van der Waals surface area contributed by atoms with Gasteiger partial charge in [-0.05, 0) is 43.8 Å². The van der Waals surface area contributed by atoms with Crippen molar-refractivity contribution in [2.75, 3.05) is 13.2 Å². The van der Waals surface area contributed by atoms with Gasteiger partial charge in [0.25, 0.3) is 0 Å². The number of nitrogens with one attached hydrogen (secondary N) is 1. The Bertz CT molecular complexity index is 493. The van der Waals surface area contributed by atoms with Gasteiger partial charge in [-0.2, -0.15) is 0 Å². The molecule has 0 unspecified atom stereocenters. The first kappa shape index (κ1) is 17.2. The van der Waals surface area contributed by atoms with Crippen LogP contribution in [0.4, 0.5) is 4.79 Å². The van der Waals surface area contributed by atoms with Crippen LogP contribution in [-0.4, -0.2) is 44.9 Å². The molecule has 3 aliphatic rings. The van der Waals surface area contributed by atoms with Gasteiger partial charge in [0, 0.05) is 0 Å². The number of hydrogen-bond acceptors (Lipinski definition) is 4. The normalized spacial score (nSPS) is 38.0. The molecule has 0 aromatic carbocycles. The van der Waals surface area contributed by atoms with Crippen LogP contribution in [-0.2, 0) is 13.9 Å². The number of ether oxygens (including phenoxy) is 2. The van der Waals surface area contributed by atoms with Crippen molar-refractivity contribution in [3.8, 4) is 0 Å². The van der Waals surface area contributed by atoms with Crippen LogP contribution in [0.15, 0.2) is 0 Å². The van der Waals surface area contributed by atoms with E-state index in [0.29, 0.717) is 19.1 Å². The molecule has 1 N–H and O–H groups in total. The Morgan fingerprint density at radius 1 is 1.35 bits per heavy atom. The molecule has 0 aromatic rings. The Morgan fingerprint density at radius 2 is 1.96 bits per heavy atom. The molecule has 132 valence electrons. The fourth-order valence-electron chi connectivity index (χ4n) is 3.42. The number of alkyl carbamates (subject to hydrolysis) is 1. The molecule has 0 spiro atoms. The van der Waals surface area contributed by atoms with E-state index in [1.54, 1.807) is 0 Å². The Balaban J connectivity index is 1.84. The van der Waals surface area contributed by atoms with Crippen LogP contribution in [0.3, 0.4) is 0 Å². The minimum absolute atomic E-state index is 0.146. The molecular weight excluding hydrogens is 310 g/mol. The summed E-state index contributed by atoms with van der Waals surface area (Å²) in [5.74, 6) is 0.421. The van der Waals surface area contributed by atoms with Gasteiger partial charge < -0.3 is 19.2 Å². The zero-order valence-corrected chi connectivity index (χ0v) is 16.3. The van der Waals surface area contributed by atoms with Gasteiger partial charge in [-0.15, -0.1) is 0 Å². The Hall–Kier alpha value is -0.593. The Labute approximate surface area is 140 Å². The molecule has 5 nitrogen and oxygen atoms in total. The Kier molecular flexibility index (Phi) is 3.90. The van der Waals surface area contributed by atoms with Crippen molar-refractivity contribution in [2.24, 2.45) is 5.92 Å². The SMILES string of the molecule is CC(C)(C)[Si](C)(C)OC[C@]1(C2CCC2)NC(=O)O[C@@H]1[C@]1(C)CO1. The molecule has 1 amide bonds. The highest BCUT2D eigenvalue weighted by Crippen LogP contribution is 2.49. The van der Waals surface area contributed by atoms with Crippen LogP contribution in [0.5, 0.6) is 0 Å². The van der Waals surface area contributed by atoms with E-state index in [9.17, 15) is 4.79 Å². The topological polar surface area (TPSA) is 60.1 Å². The summed E-state index contributed by atoms with van der Waals surface area (Å²) in [5, 5.41) is 3.29. The van der Waals surface area contributed by atoms with E-state index in [-0.39, 0.29) is 22.8 Å². The summed E-state index contributed by atoms with van der Waals surface area (Å²) in [6.45, 7) is 14.4. The average Bonchev–Trinajstić information content (AvgIpc) is 2.99. The average molecular weight is 342 g/mol. The zero-order chi connectivity index (χ0) is 17.1. The fourth-order valence-corrected chi connectivity index (χ4v) is 4.45. The third-order valence-corrected chi connectivity index (χ3v) is 11.0. The van der Waals surface area contributed by atoms with Gasteiger partial charge in [0.2, 0.25) is 0 Å². The lowest BCUT2D eigenvalue weighted by Gasteiger charge is -2.47. The summed E-state index contributed by atoms with van der Waals surface area (Å²) in [6, 6.07) is 0. The number of epoxide rings is 1. The summed E-state index contributed by atoms with van der Waals surface area (Å²) in [4.78, 5) is 12.1. The summed E-state index contributed by atoms with van der Waals surface area (Å²) in [6.07, 6.45) is 2.89. The van der Waals surface area contributed by atoms with Crippen molar-refractivity contribution in [3.63, 3.8) is 0 Å². The van der Waals surface area contributed by atoms with Crippen LogP contribution in [0, 0.1) is 5.92 Å². The van der Waals surface area contributed by atoms with E-state index in [1.165, 1.54) is 6.42 Å². The first-order valence-corrected chi connectivity index (χ1v) is 11.7. The first-order chi connectivity index (χ1) is 10.5. The second-order valence-corrected chi connectivity index (χ2v) is 14.0. The van der Waals surface area contributed by atoms with Crippen LogP contribution in [0.25, 0.3) is 0 Å². The molecule has 0 bridgehead atoms. The van der Waals surface area contributed by atoms with Crippen molar-refractivity contribution < 1.29 is 18.7 Å². The number of carbonyl (C=O) groups excluding carboxylic acids is 1. The van der Waals surface area contributed by atoms with Gasteiger partial charge in [0.15, 0.2) is 14.4 Å². The van der Waals surface area contributed by atoms with E-state index >= 15 is 0 Å². The van der Waals surface area contributed by atoms with Crippen LogP contribution in [0.2, 0.25) is 18.1 Å². The largest absolute Gasteiger partial charge is 0.440 e. The summed E-state index contributed by atoms with van der Waals surface area (Å²) in [7, 11) is -1.89. The smallest absolute Gasteiger partial charge is 0.408 e. The second-order valence-electron chi connectivity index (χ2n) is 9.23. The monoisotopic (exact) mass is 341 g/mol. The molecule has 0 radical (unpaired) electrons. The number of cyclic esters (lactones) is 1. The summed E-state index contributed by atoms with van der Waals surface area (Å²) >= 11 is 0. The molecule has 2 saturated heterocycles. The van der Waals surface area contributed by atoms with Gasteiger partial charge >= 0.3 is 6.09 Å². The highest BCUT2D eigenvalue weighted by Gasteiger charge is 2.66. The lowest BCUT2D eigenvalue weighted by Crippen LogP contribution is -2.64. The molecule has 0 aromatic heterocycles. The van der Waals surface area contributed by atoms with Gasteiger partial charge in [-0.1, -0.05) is 27.2 Å².